The second kappa shape index (κ2) is 19.7. The zero-order valence-corrected chi connectivity index (χ0v) is 19.8. The van der Waals surface area contributed by atoms with Gasteiger partial charge in [-0.2, -0.15) is 16.8 Å². The molecule has 0 atom stereocenters. The molecule has 0 aliphatic rings. The van der Waals surface area contributed by atoms with Gasteiger partial charge >= 0.3 is 0 Å². The van der Waals surface area contributed by atoms with Crippen molar-refractivity contribution in [1.29, 1.82) is 0 Å². The van der Waals surface area contributed by atoms with Crippen LogP contribution in [-0.4, -0.2) is 26.6 Å². The van der Waals surface area contributed by atoms with Crippen LogP contribution in [0.5, 0.6) is 0 Å². The molecule has 0 aromatic rings. The first-order chi connectivity index (χ1) is 13.5. The van der Waals surface area contributed by atoms with Crippen molar-refractivity contribution in [1.82, 2.24) is 0 Å². The van der Waals surface area contributed by atoms with E-state index in [0.29, 0.717) is 12.8 Å². The van der Waals surface area contributed by atoms with Gasteiger partial charge in [-0.05, 0) is 25.7 Å². The molecular weight excluding hydrogens is 392 g/mol. The van der Waals surface area contributed by atoms with Gasteiger partial charge in [-0.1, -0.05) is 104 Å². The number of unbranched alkanes of at least 4 members (excludes halogenated alkanes) is 14. The molecule has 0 N–H and O–H groups in total. The third-order valence-electron chi connectivity index (χ3n) is 5.23. The van der Waals surface area contributed by atoms with Crippen LogP contribution in [0.4, 0.5) is 0 Å². The number of hydrogen-bond acceptors (Lipinski definition) is 4. The van der Waals surface area contributed by atoms with Crippen LogP contribution in [0.1, 0.15) is 129 Å². The molecule has 0 aliphatic carbocycles. The minimum absolute atomic E-state index is 0.104. The normalized spacial score (nSPS) is 10.8. The molecule has 0 aromatic heterocycles. The van der Waals surface area contributed by atoms with E-state index in [1.54, 1.807) is 0 Å². The first-order valence-electron chi connectivity index (χ1n) is 11.4. The quantitative estimate of drug-likeness (QED) is 0.180. The average Bonchev–Trinajstić information content (AvgIpc) is 2.66. The molecule has 166 valence electrons. The molecule has 0 amide bonds. The summed E-state index contributed by atoms with van der Waals surface area (Å²) in [6, 6.07) is 0. The van der Waals surface area contributed by atoms with Gasteiger partial charge in [0.05, 0.1) is 9.73 Å². The maximum atomic E-state index is 11.5. The van der Waals surface area contributed by atoms with E-state index in [9.17, 15) is 16.8 Å². The lowest BCUT2D eigenvalue weighted by atomic mass is 10.0. The van der Waals surface area contributed by atoms with Crippen molar-refractivity contribution in [3.8, 4) is 0 Å². The topological polar surface area (TPSA) is 68.3 Å². The molecular formula is C22H42O4S2. The van der Waals surface area contributed by atoms with E-state index in [0.717, 1.165) is 44.9 Å². The standard InChI is InChI=1S/C22H42O4S2/c1-3-5-7-9-10-11-12-13-14-15-16-18-20-22(28(25)26)21(27(23)24)19-17-8-6-4-2/h3-20H2,1-2H3. The molecule has 0 spiro atoms. The molecule has 0 rings (SSSR count). The minimum atomic E-state index is -2.44. The van der Waals surface area contributed by atoms with E-state index >= 15 is 0 Å². The fourth-order valence-corrected chi connectivity index (χ4v) is 5.08. The molecule has 0 fully saturated rings. The third kappa shape index (κ3) is 15.3. The molecule has 0 heterocycles. The second-order valence-corrected chi connectivity index (χ2v) is 9.69. The summed E-state index contributed by atoms with van der Waals surface area (Å²) in [6.07, 6.45) is 19.1. The fraction of sp³-hybridized carbons (Fsp3) is 0.909. The maximum Gasteiger partial charge on any atom is 0.218 e. The number of hydrogen-bond donors (Lipinski definition) is 0. The second-order valence-electron chi connectivity index (χ2n) is 7.77. The molecule has 0 radical (unpaired) electrons. The van der Waals surface area contributed by atoms with Crippen LogP contribution in [0.3, 0.4) is 0 Å². The van der Waals surface area contributed by atoms with Gasteiger partial charge in [-0.3, -0.25) is 0 Å². The average molecular weight is 435 g/mol. The van der Waals surface area contributed by atoms with Crippen molar-refractivity contribution in [3.63, 3.8) is 0 Å². The Hall–Kier alpha value is -0.620. The first kappa shape index (κ1) is 27.4. The van der Waals surface area contributed by atoms with Crippen LogP contribution >= 0.6 is 0 Å². The number of rotatable bonds is 19. The van der Waals surface area contributed by atoms with Gasteiger partial charge in [-0.25, -0.2) is 0 Å². The zero-order valence-electron chi connectivity index (χ0n) is 18.2. The van der Waals surface area contributed by atoms with Gasteiger partial charge in [0.15, 0.2) is 0 Å². The SMILES string of the molecule is CCCCCCCCCCCCCCC(C(CCCCCC)=S(=O)=O)=S(=O)=O. The van der Waals surface area contributed by atoms with Gasteiger partial charge in [0, 0.05) is 0 Å². The van der Waals surface area contributed by atoms with Crippen molar-refractivity contribution in [3.05, 3.63) is 0 Å². The van der Waals surface area contributed by atoms with Gasteiger partial charge in [0.2, 0.25) is 20.6 Å². The minimum Gasteiger partial charge on any atom is -0.184 e. The Morgan fingerprint density at radius 3 is 0.964 bits per heavy atom. The summed E-state index contributed by atoms with van der Waals surface area (Å²) in [5.74, 6) is 0. The molecule has 6 heteroatoms. The largest absolute Gasteiger partial charge is 0.218 e. The summed E-state index contributed by atoms with van der Waals surface area (Å²) in [5, 5.41) is 0. The van der Waals surface area contributed by atoms with Crippen LogP contribution < -0.4 is 0 Å². The lowest BCUT2D eigenvalue weighted by molar-refractivity contribution is 0.546. The lowest BCUT2D eigenvalue weighted by Crippen LogP contribution is -2.16. The summed E-state index contributed by atoms with van der Waals surface area (Å²) in [5.41, 5.74) is 0. The molecule has 0 aliphatic heterocycles. The molecule has 0 saturated heterocycles. The Kier molecular flexibility index (Phi) is 19.2. The zero-order chi connectivity index (χ0) is 21.0. The van der Waals surface area contributed by atoms with E-state index in [-0.39, 0.29) is 9.73 Å². The van der Waals surface area contributed by atoms with Crippen LogP contribution in [-0.2, 0) is 20.6 Å². The highest BCUT2D eigenvalue weighted by molar-refractivity contribution is 7.82. The van der Waals surface area contributed by atoms with Gasteiger partial charge < -0.3 is 0 Å². The van der Waals surface area contributed by atoms with Crippen molar-refractivity contribution >= 4 is 30.3 Å². The fourth-order valence-electron chi connectivity index (χ4n) is 3.47. The Morgan fingerprint density at radius 1 is 0.429 bits per heavy atom. The van der Waals surface area contributed by atoms with Crippen molar-refractivity contribution in [2.45, 2.75) is 129 Å². The Morgan fingerprint density at radius 2 is 0.679 bits per heavy atom. The van der Waals surface area contributed by atoms with Gasteiger partial charge in [0.25, 0.3) is 0 Å². The lowest BCUT2D eigenvalue weighted by Gasteiger charge is -2.05. The summed E-state index contributed by atoms with van der Waals surface area (Å²) in [4.78, 5) is 0.212. The molecule has 4 nitrogen and oxygen atoms in total. The van der Waals surface area contributed by atoms with Crippen molar-refractivity contribution in [2.24, 2.45) is 0 Å². The highest BCUT2D eigenvalue weighted by Gasteiger charge is 2.13. The predicted molar refractivity (Wildman–Crippen MR) is 122 cm³/mol. The first-order valence-corrected chi connectivity index (χ1v) is 13.6. The van der Waals surface area contributed by atoms with E-state index < -0.39 is 20.6 Å². The molecule has 0 aromatic carbocycles. The third-order valence-corrected chi connectivity index (χ3v) is 7.06. The summed E-state index contributed by atoms with van der Waals surface area (Å²) in [7, 11) is -4.88. The van der Waals surface area contributed by atoms with Crippen LogP contribution in [0, 0.1) is 0 Å². The maximum absolute atomic E-state index is 11.5. The molecule has 0 bridgehead atoms. The van der Waals surface area contributed by atoms with E-state index in [2.05, 4.69) is 13.8 Å². The van der Waals surface area contributed by atoms with E-state index in [1.165, 1.54) is 57.8 Å². The molecule has 0 saturated carbocycles. The monoisotopic (exact) mass is 434 g/mol. The van der Waals surface area contributed by atoms with E-state index in [1.807, 2.05) is 0 Å². The smallest absolute Gasteiger partial charge is 0.184 e. The van der Waals surface area contributed by atoms with Crippen molar-refractivity contribution < 1.29 is 16.8 Å². The van der Waals surface area contributed by atoms with E-state index in [4.69, 9.17) is 0 Å². The van der Waals surface area contributed by atoms with Crippen molar-refractivity contribution in [2.75, 3.05) is 0 Å². The highest BCUT2D eigenvalue weighted by atomic mass is 32.2. The summed E-state index contributed by atoms with van der Waals surface area (Å²) in [6.45, 7) is 4.33. The van der Waals surface area contributed by atoms with Crippen LogP contribution in [0.15, 0.2) is 0 Å². The Labute approximate surface area is 176 Å². The Bertz CT molecular complexity index is 630. The predicted octanol–water partition coefficient (Wildman–Crippen LogP) is 6.15. The summed E-state index contributed by atoms with van der Waals surface area (Å²) < 4.78 is 46.1. The summed E-state index contributed by atoms with van der Waals surface area (Å²) >= 11 is 0. The van der Waals surface area contributed by atoms with Gasteiger partial charge in [-0.15, -0.1) is 0 Å². The molecule has 0 unspecified atom stereocenters. The van der Waals surface area contributed by atoms with Crippen LogP contribution in [0.2, 0.25) is 0 Å². The molecule has 28 heavy (non-hydrogen) atoms. The Balaban J connectivity index is 4.05. The highest BCUT2D eigenvalue weighted by Crippen LogP contribution is 2.13. The van der Waals surface area contributed by atoms with Crippen LogP contribution in [0.25, 0.3) is 0 Å². The van der Waals surface area contributed by atoms with Gasteiger partial charge in [0.1, 0.15) is 0 Å².